The Labute approximate surface area is 105 Å². The molecule has 1 fully saturated rings. The van der Waals surface area contributed by atoms with E-state index in [1.54, 1.807) is 10.8 Å². The van der Waals surface area contributed by atoms with Gasteiger partial charge in [0.1, 0.15) is 12.1 Å². The van der Waals surface area contributed by atoms with Gasteiger partial charge in [-0.15, -0.1) is 15.3 Å². The van der Waals surface area contributed by atoms with E-state index in [1.807, 2.05) is 12.1 Å². The summed E-state index contributed by atoms with van der Waals surface area (Å²) in [6.45, 7) is 5.76. The van der Waals surface area contributed by atoms with Gasteiger partial charge in [0.25, 0.3) is 0 Å². The van der Waals surface area contributed by atoms with Crippen molar-refractivity contribution in [1.29, 1.82) is 0 Å². The predicted molar refractivity (Wildman–Crippen MR) is 68.5 cm³/mol. The molecule has 0 amide bonds. The average molecular weight is 247 g/mol. The van der Waals surface area contributed by atoms with Gasteiger partial charge in [0.2, 0.25) is 0 Å². The molecule has 0 aromatic carbocycles. The summed E-state index contributed by atoms with van der Waals surface area (Å²) in [6, 6.07) is 3.95. The number of aromatic nitrogens is 4. The highest BCUT2D eigenvalue weighted by Gasteiger charge is 2.17. The lowest BCUT2D eigenvalue weighted by molar-refractivity contribution is 0.264. The predicted octanol–water partition coefficient (Wildman–Crippen LogP) is -0.795. The summed E-state index contributed by atoms with van der Waals surface area (Å²) >= 11 is 0. The van der Waals surface area contributed by atoms with Crippen molar-refractivity contribution in [2.75, 3.05) is 44.2 Å². The molecule has 0 bridgehead atoms. The van der Waals surface area contributed by atoms with E-state index in [2.05, 4.69) is 25.1 Å². The number of hydrogen-bond acceptors (Lipinski definition) is 6. The molecule has 0 spiro atoms. The first-order valence-electron chi connectivity index (χ1n) is 6.21. The summed E-state index contributed by atoms with van der Waals surface area (Å²) in [5.41, 5.74) is 6.35. The first kappa shape index (κ1) is 11.4. The summed E-state index contributed by atoms with van der Waals surface area (Å²) in [5, 5.41) is 12.3. The maximum Gasteiger partial charge on any atom is 0.177 e. The molecule has 1 aliphatic heterocycles. The second kappa shape index (κ2) is 4.87. The second-order valence-corrected chi connectivity index (χ2v) is 4.44. The van der Waals surface area contributed by atoms with Crippen molar-refractivity contribution in [2.24, 2.45) is 5.73 Å². The third kappa shape index (κ3) is 2.14. The van der Waals surface area contributed by atoms with Gasteiger partial charge in [0, 0.05) is 39.3 Å². The van der Waals surface area contributed by atoms with E-state index < -0.39 is 0 Å². The zero-order valence-corrected chi connectivity index (χ0v) is 10.2. The summed E-state index contributed by atoms with van der Waals surface area (Å²) in [5.74, 6) is 0.981. The van der Waals surface area contributed by atoms with Crippen molar-refractivity contribution in [3.63, 3.8) is 0 Å². The van der Waals surface area contributed by atoms with Gasteiger partial charge < -0.3 is 10.6 Å². The minimum Gasteiger partial charge on any atom is -0.353 e. The molecule has 3 rings (SSSR count). The summed E-state index contributed by atoms with van der Waals surface area (Å²) < 4.78 is 1.71. The van der Waals surface area contributed by atoms with E-state index in [0.717, 1.165) is 50.7 Å². The van der Waals surface area contributed by atoms with Gasteiger partial charge in [-0.25, -0.2) is 0 Å². The maximum absolute atomic E-state index is 5.57. The quantitative estimate of drug-likeness (QED) is 0.765. The van der Waals surface area contributed by atoms with Gasteiger partial charge in [0.15, 0.2) is 5.65 Å². The van der Waals surface area contributed by atoms with Gasteiger partial charge in [-0.1, -0.05) is 0 Å². The highest BCUT2D eigenvalue weighted by molar-refractivity contribution is 5.45. The lowest BCUT2D eigenvalue weighted by Gasteiger charge is -2.34. The smallest absolute Gasteiger partial charge is 0.177 e. The molecule has 2 aromatic heterocycles. The van der Waals surface area contributed by atoms with Crippen LogP contribution in [0.25, 0.3) is 5.65 Å². The van der Waals surface area contributed by atoms with Crippen molar-refractivity contribution in [1.82, 2.24) is 24.7 Å². The van der Waals surface area contributed by atoms with Crippen molar-refractivity contribution >= 4 is 11.5 Å². The van der Waals surface area contributed by atoms with Crippen LogP contribution in [0.3, 0.4) is 0 Å². The Bertz CT molecular complexity index is 515. The zero-order valence-electron chi connectivity index (χ0n) is 10.2. The third-order valence-corrected chi connectivity index (χ3v) is 3.29. The number of piperazine rings is 1. The Balaban J connectivity index is 1.71. The van der Waals surface area contributed by atoms with E-state index in [-0.39, 0.29) is 0 Å². The topological polar surface area (TPSA) is 75.6 Å². The lowest BCUT2D eigenvalue weighted by Crippen LogP contribution is -2.48. The maximum atomic E-state index is 5.57. The van der Waals surface area contributed by atoms with Crippen molar-refractivity contribution in [3.05, 3.63) is 18.5 Å². The highest BCUT2D eigenvalue weighted by atomic mass is 15.4. The Morgan fingerprint density at radius 3 is 2.78 bits per heavy atom. The van der Waals surface area contributed by atoms with Gasteiger partial charge in [0.05, 0.1) is 0 Å². The largest absolute Gasteiger partial charge is 0.353 e. The molecule has 7 nitrogen and oxygen atoms in total. The molecule has 2 N–H and O–H groups in total. The molecule has 3 heterocycles. The molecular weight excluding hydrogens is 230 g/mol. The molecular formula is C11H17N7. The fraction of sp³-hybridized carbons (Fsp3) is 0.545. The molecule has 1 aliphatic rings. The number of nitrogens with two attached hydrogens (primary N) is 1. The zero-order chi connectivity index (χ0) is 12.4. The normalized spacial score (nSPS) is 17.5. The number of hydrogen-bond donors (Lipinski definition) is 1. The minimum absolute atomic E-state index is 0.727. The van der Waals surface area contributed by atoms with Gasteiger partial charge in [-0.3, -0.25) is 4.90 Å². The molecule has 2 aromatic rings. The Hall–Kier alpha value is -1.73. The van der Waals surface area contributed by atoms with Crippen LogP contribution in [0.5, 0.6) is 0 Å². The van der Waals surface area contributed by atoms with Crippen LogP contribution in [0.1, 0.15) is 0 Å². The van der Waals surface area contributed by atoms with Crippen LogP contribution in [-0.2, 0) is 0 Å². The molecule has 0 aliphatic carbocycles. The average Bonchev–Trinajstić information content (AvgIpc) is 2.87. The molecule has 0 radical (unpaired) electrons. The Morgan fingerprint density at radius 2 is 2.00 bits per heavy atom. The first-order valence-corrected chi connectivity index (χ1v) is 6.21. The van der Waals surface area contributed by atoms with Crippen LogP contribution in [0.2, 0.25) is 0 Å². The van der Waals surface area contributed by atoms with E-state index in [0.29, 0.717) is 0 Å². The summed E-state index contributed by atoms with van der Waals surface area (Å²) in [4.78, 5) is 4.67. The molecule has 96 valence electrons. The lowest BCUT2D eigenvalue weighted by atomic mass is 10.3. The summed E-state index contributed by atoms with van der Waals surface area (Å²) in [6.07, 6.45) is 1.63. The standard InChI is InChI=1S/C11H17N7/c12-3-4-16-5-7-17(8-6-16)11-2-1-10-14-13-9-18(10)15-11/h1-2,9H,3-8,12H2. The second-order valence-electron chi connectivity index (χ2n) is 4.44. The third-order valence-electron chi connectivity index (χ3n) is 3.29. The monoisotopic (exact) mass is 247 g/mol. The van der Waals surface area contributed by atoms with Crippen LogP contribution in [0, 0.1) is 0 Å². The van der Waals surface area contributed by atoms with E-state index in [9.17, 15) is 0 Å². The van der Waals surface area contributed by atoms with E-state index >= 15 is 0 Å². The van der Waals surface area contributed by atoms with Crippen molar-refractivity contribution < 1.29 is 0 Å². The molecule has 0 unspecified atom stereocenters. The van der Waals surface area contributed by atoms with Crippen LogP contribution in [-0.4, -0.2) is 64.0 Å². The Morgan fingerprint density at radius 1 is 1.17 bits per heavy atom. The molecule has 1 saturated heterocycles. The van der Waals surface area contributed by atoms with Gasteiger partial charge >= 0.3 is 0 Å². The molecule has 7 heteroatoms. The van der Waals surface area contributed by atoms with Gasteiger partial charge in [-0.05, 0) is 12.1 Å². The van der Waals surface area contributed by atoms with E-state index in [1.165, 1.54) is 0 Å². The van der Waals surface area contributed by atoms with Crippen LogP contribution in [0.4, 0.5) is 5.82 Å². The van der Waals surface area contributed by atoms with Crippen LogP contribution in [0.15, 0.2) is 18.5 Å². The number of rotatable bonds is 3. The minimum atomic E-state index is 0.727. The fourth-order valence-corrected chi connectivity index (χ4v) is 2.27. The van der Waals surface area contributed by atoms with Gasteiger partial charge in [-0.2, -0.15) is 4.52 Å². The molecule has 18 heavy (non-hydrogen) atoms. The highest BCUT2D eigenvalue weighted by Crippen LogP contribution is 2.13. The number of anilines is 1. The molecule has 0 atom stereocenters. The van der Waals surface area contributed by atoms with Crippen LogP contribution < -0.4 is 10.6 Å². The Kier molecular flexibility index (Phi) is 3.07. The van der Waals surface area contributed by atoms with E-state index in [4.69, 9.17) is 5.73 Å². The summed E-state index contributed by atoms with van der Waals surface area (Å²) in [7, 11) is 0. The molecule has 0 saturated carbocycles. The van der Waals surface area contributed by atoms with Crippen molar-refractivity contribution in [3.8, 4) is 0 Å². The van der Waals surface area contributed by atoms with Crippen molar-refractivity contribution in [2.45, 2.75) is 0 Å². The fourth-order valence-electron chi connectivity index (χ4n) is 2.27. The SMILES string of the molecule is NCCN1CCN(c2ccc3nncn3n2)CC1. The first-order chi connectivity index (χ1) is 8.86. The number of fused-ring (bicyclic) bond motifs is 1. The number of nitrogens with zero attached hydrogens (tertiary/aromatic N) is 6. The van der Waals surface area contributed by atoms with Crippen LogP contribution >= 0.6 is 0 Å².